The van der Waals surface area contributed by atoms with Crippen LogP contribution in [0.5, 0.6) is 0 Å². The number of methoxy groups -OCH3 is 1. The summed E-state index contributed by atoms with van der Waals surface area (Å²) in [5.74, 6) is -0.161. The molecule has 2 aliphatic heterocycles. The van der Waals surface area contributed by atoms with E-state index in [9.17, 15) is 14.7 Å². The first-order chi connectivity index (χ1) is 15.6. The van der Waals surface area contributed by atoms with E-state index in [1.807, 2.05) is 4.57 Å². The van der Waals surface area contributed by atoms with Gasteiger partial charge in [0.1, 0.15) is 17.7 Å². The summed E-state index contributed by atoms with van der Waals surface area (Å²) in [5, 5.41) is 9.64. The Morgan fingerprint density at radius 2 is 2.06 bits per heavy atom. The zero-order chi connectivity index (χ0) is 23.9. The van der Waals surface area contributed by atoms with Gasteiger partial charge in [0.15, 0.2) is 0 Å². The van der Waals surface area contributed by atoms with Gasteiger partial charge in [0.05, 0.1) is 18.3 Å². The Balaban J connectivity index is 1.52. The van der Waals surface area contributed by atoms with Crippen molar-refractivity contribution in [3.05, 3.63) is 42.2 Å². The van der Waals surface area contributed by atoms with Crippen molar-refractivity contribution >= 4 is 17.7 Å². The van der Waals surface area contributed by atoms with Crippen LogP contribution >= 0.6 is 0 Å². The van der Waals surface area contributed by atoms with Gasteiger partial charge in [-0.3, -0.25) is 14.6 Å². The zero-order valence-corrected chi connectivity index (χ0v) is 19.4. The molecule has 33 heavy (non-hydrogen) atoms. The molecule has 0 radical (unpaired) electrons. The van der Waals surface area contributed by atoms with Gasteiger partial charge in [-0.2, -0.15) is 0 Å². The van der Waals surface area contributed by atoms with Crippen molar-refractivity contribution in [3.63, 3.8) is 0 Å². The number of hydrogen-bond acceptors (Lipinski definition) is 5. The van der Waals surface area contributed by atoms with Crippen molar-refractivity contribution in [2.75, 3.05) is 31.6 Å². The van der Waals surface area contributed by atoms with Crippen LogP contribution in [0, 0.1) is 5.82 Å². The van der Waals surface area contributed by atoms with Gasteiger partial charge < -0.3 is 19.3 Å². The molecule has 0 saturated carbocycles. The van der Waals surface area contributed by atoms with Crippen LogP contribution in [0.3, 0.4) is 0 Å². The van der Waals surface area contributed by atoms with Gasteiger partial charge >= 0.3 is 6.09 Å². The molecule has 4 rings (SSSR count). The molecule has 2 fully saturated rings. The number of ether oxygens (including phenoxy) is 1. The summed E-state index contributed by atoms with van der Waals surface area (Å²) >= 11 is 0. The Hall–Kier alpha value is -2.98. The molecule has 1 aromatic heterocycles. The number of anilines is 1. The van der Waals surface area contributed by atoms with Gasteiger partial charge in [0.2, 0.25) is 5.91 Å². The van der Waals surface area contributed by atoms with Crippen molar-refractivity contribution in [1.82, 2.24) is 19.4 Å². The van der Waals surface area contributed by atoms with E-state index in [-0.39, 0.29) is 18.3 Å². The third-order valence-electron chi connectivity index (χ3n) is 6.26. The quantitative estimate of drug-likeness (QED) is 0.714. The molecule has 1 unspecified atom stereocenters. The van der Waals surface area contributed by atoms with Crippen molar-refractivity contribution in [2.45, 2.75) is 51.4 Å². The lowest BCUT2D eigenvalue weighted by Crippen LogP contribution is -2.54. The zero-order valence-electron chi connectivity index (χ0n) is 19.4. The molecule has 1 atom stereocenters. The Kier molecular flexibility index (Phi) is 6.15. The summed E-state index contributed by atoms with van der Waals surface area (Å²) < 4.78 is 22.3. The number of carbonyl (C=O) groups is 2. The number of halogens is 1. The molecule has 10 heteroatoms. The van der Waals surface area contributed by atoms with E-state index in [2.05, 4.69) is 9.88 Å². The van der Waals surface area contributed by atoms with Crippen LogP contribution in [-0.2, 0) is 16.1 Å². The molecular formula is C23H30FN5O4. The van der Waals surface area contributed by atoms with Gasteiger partial charge in [-0.1, -0.05) is 0 Å². The molecule has 0 bridgehead atoms. The normalized spacial score (nSPS) is 19.7. The fraction of sp³-hybridized carbons (Fsp3) is 0.522. The first-order valence-electron chi connectivity index (χ1n) is 11.0. The minimum atomic E-state index is -1.16. The predicted molar refractivity (Wildman–Crippen MR) is 120 cm³/mol. The predicted octanol–water partition coefficient (Wildman–Crippen LogP) is 2.73. The lowest BCUT2D eigenvalue weighted by atomic mass is 10.0. The Bertz CT molecular complexity index is 1040. The van der Waals surface area contributed by atoms with E-state index >= 15 is 4.39 Å². The van der Waals surface area contributed by atoms with E-state index < -0.39 is 29.4 Å². The van der Waals surface area contributed by atoms with E-state index in [4.69, 9.17) is 4.74 Å². The fourth-order valence-corrected chi connectivity index (χ4v) is 4.58. The molecule has 0 spiro atoms. The first-order valence-corrected chi connectivity index (χ1v) is 11.0. The molecule has 9 nitrogen and oxygen atoms in total. The number of imidazole rings is 1. The first kappa shape index (κ1) is 23.2. The minimum Gasteiger partial charge on any atom is -0.465 e. The Morgan fingerprint density at radius 3 is 2.67 bits per heavy atom. The van der Waals surface area contributed by atoms with Gasteiger partial charge in [0, 0.05) is 56.4 Å². The van der Waals surface area contributed by atoms with Crippen LogP contribution in [0.15, 0.2) is 30.6 Å². The molecule has 2 aromatic rings. The molecular weight excluding hydrogens is 429 g/mol. The molecule has 2 saturated heterocycles. The van der Waals surface area contributed by atoms with Gasteiger partial charge in [-0.05, 0) is 39.3 Å². The Labute approximate surface area is 192 Å². The van der Waals surface area contributed by atoms with E-state index in [0.717, 1.165) is 23.8 Å². The Morgan fingerprint density at radius 1 is 1.33 bits per heavy atom. The van der Waals surface area contributed by atoms with Crippen LogP contribution < -0.4 is 4.90 Å². The smallest absolute Gasteiger partial charge is 0.408 e. The number of amides is 2. The topological polar surface area (TPSA) is 91.1 Å². The third kappa shape index (κ3) is 4.45. The summed E-state index contributed by atoms with van der Waals surface area (Å²) in [6.45, 7) is 7.76. The summed E-state index contributed by atoms with van der Waals surface area (Å²) in [6, 6.07) is 3.86. The highest BCUT2D eigenvalue weighted by atomic mass is 19.1. The van der Waals surface area contributed by atoms with Crippen molar-refractivity contribution in [2.24, 2.45) is 0 Å². The second-order valence-electron chi connectivity index (χ2n) is 9.52. The number of carboxylic acid groups (broad SMARTS) is 1. The maximum absolute atomic E-state index is 15.2. The van der Waals surface area contributed by atoms with Crippen LogP contribution in [-0.4, -0.2) is 80.9 Å². The lowest BCUT2D eigenvalue weighted by Gasteiger charge is -2.37. The number of carbonyl (C=O) groups excluding carboxylic acids is 1. The second kappa shape index (κ2) is 8.75. The monoisotopic (exact) mass is 459 g/mol. The number of aromatic nitrogens is 2. The van der Waals surface area contributed by atoms with Gasteiger partial charge in [-0.15, -0.1) is 0 Å². The average Bonchev–Trinajstić information content (AvgIpc) is 3.30. The van der Waals surface area contributed by atoms with Crippen molar-refractivity contribution in [1.29, 1.82) is 0 Å². The van der Waals surface area contributed by atoms with Crippen molar-refractivity contribution in [3.8, 4) is 5.69 Å². The third-order valence-corrected chi connectivity index (χ3v) is 6.26. The largest absolute Gasteiger partial charge is 0.465 e. The van der Waals surface area contributed by atoms with Crippen LogP contribution in [0.2, 0.25) is 0 Å². The molecule has 2 amide bonds. The summed E-state index contributed by atoms with van der Waals surface area (Å²) in [4.78, 5) is 34.0. The highest BCUT2D eigenvalue weighted by Gasteiger charge is 2.44. The van der Waals surface area contributed by atoms with Crippen LogP contribution in [0.25, 0.3) is 5.69 Å². The van der Waals surface area contributed by atoms with Crippen LogP contribution in [0.4, 0.5) is 14.9 Å². The number of benzene rings is 1. The highest BCUT2D eigenvalue weighted by Crippen LogP contribution is 2.31. The van der Waals surface area contributed by atoms with E-state index in [0.29, 0.717) is 18.7 Å². The number of rotatable bonds is 6. The van der Waals surface area contributed by atoms with Gasteiger partial charge in [-0.25, -0.2) is 14.2 Å². The van der Waals surface area contributed by atoms with Gasteiger partial charge in [0.25, 0.3) is 0 Å². The maximum atomic E-state index is 15.2. The molecule has 2 aliphatic rings. The van der Waals surface area contributed by atoms with E-state index in [1.165, 1.54) is 11.0 Å². The summed E-state index contributed by atoms with van der Waals surface area (Å²) in [6.07, 6.45) is 2.85. The average molecular weight is 460 g/mol. The summed E-state index contributed by atoms with van der Waals surface area (Å²) in [5.41, 5.74) is 0.0118. The van der Waals surface area contributed by atoms with E-state index in [1.54, 1.807) is 52.4 Å². The number of nitrogens with zero attached hydrogens (tertiary/aromatic N) is 5. The fourth-order valence-electron chi connectivity index (χ4n) is 4.58. The summed E-state index contributed by atoms with van der Waals surface area (Å²) in [7, 11) is 1.70. The van der Waals surface area contributed by atoms with Crippen LogP contribution in [0.1, 0.15) is 33.0 Å². The molecule has 0 aliphatic carbocycles. The highest BCUT2D eigenvalue weighted by molar-refractivity contribution is 6.01. The van der Waals surface area contributed by atoms with Crippen molar-refractivity contribution < 1.29 is 23.8 Å². The standard InChI is InChI=1S/C23H30FN5O4/c1-23(2,3)29(22(31)32)19-7-9-28(21(19)30)18-6-5-15(11-17(18)24)27-10-8-25-20(27)14-26-12-16(13-26)33-4/h5-6,8,10-11,16,19H,7,9,12-14H2,1-4H3,(H,31,32). The maximum Gasteiger partial charge on any atom is 0.408 e. The second-order valence-corrected chi connectivity index (χ2v) is 9.52. The SMILES string of the molecule is COC1CN(Cc2nccn2-c2ccc(N3CCC(N(C(=O)O)C(C)(C)C)C3=O)c(F)c2)C1. The lowest BCUT2D eigenvalue weighted by molar-refractivity contribution is -0.122. The molecule has 1 N–H and O–H groups in total. The minimum absolute atomic E-state index is 0.151. The number of hydrogen-bond donors (Lipinski definition) is 1. The number of likely N-dealkylation sites (tertiary alicyclic amines) is 1. The molecule has 178 valence electrons. The molecule has 3 heterocycles. The molecule has 1 aromatic carbocycles.